The molecule has 2 aliphatic carbocycles. The Morgan fingerprint density at radius 1 is 1.39 bits per heavy atom. The van der Waals surface area contributed by atoms with E-state index in [1.165, 1.54) is 25.7 Å². The molecule has 0 saturated heterocycles. The molecule has 1 amide bonds. The number of nitrogens with one attached hydrogen (secondary N) is 1. The Balaban J connectivity index is 1.74. The van der Waals surface area contributed by atoms with Gasteiger partial charge in [-0.2, -0.15) is 0 Å². The number of hydrogen-bond donors (Lipinski definition) is 2. The Kier molecular flexibility index (Phi) is 4.66. The molecule has 3 heteroatoms. The van der Waals surface area contributed by atoms with Gasteiger partial charge in [0, 0.05) is 17.9 Å². The van der Waals surface area contributed by atoms with Gasteiger partial charge in [0.05, 0.1) is 6.61 Å². The zero-order valence-corrected chi connectivity index (χ0v) is 11.6. The Morgan fingerprint density at radius 3 is 2.56 bits per heavy atom. The van der Waals surface area contributed by atoms with E-state index in [9.17, 15) is 9.90 Å². The lowest BCUT2D eigenvalue weighted by atomic mass is 9.90. The number of amides is 1. The van der Waals surface area contributed by atoms with E-state index >= 15 is 0 Å². The van der Waals surface area contributed by atoms with Crippen LogP contribution in [-0.2, 0) is 4.79 Å². The van der Waals surface area contributed by atoms with Crippen LogP contribution in [0.4, 0.5) is 0 Å². The number of hydrogen-bond acceptors (Lipinski definition) is 2. The molecule has 0 bridgehead atoms. The van der Waals surface area contributed by atoms with Gasteiger partial charge in [0.2, 0.25) is 5.91 Å². The third-order valence-corrected chi connectivity index (χ3v) is 4.89. The van der Waals surface area contributed by atoms with Gasteiger partial charge < -0.3 is 10.4 Å². The summed E-state index contributed by atoms with van der Waals surface area (Å²) in [6.07, 6.45) is 9.43. The van der Waals surface area contributed by atoms with Crippen molar-refractivity contribution in [3.63, 3.8) is 0 Å². The van der Waals surface area contributed by atoms with Crippen LogP contribution in [0.5, 0.6) is 0 Å². The normalized spacial score (nSPS) is 23.9. The molecule has 1 atom stereocenters. The van der Waals surface area contributed by atoms with Gasteiger partial charge >= 0.3 is 0 Å². The fourth-order valence-corrected chi connectivity index (χ4v) is 3.09. The van der Waals surface area contributed by atoms with Gasteiger partial charge in [0.25, 0.3) is 0 Å². The number of aliphatic hydroxyl groups is 1. The average molecular weight is 253 g/mol. The molecule has 0 spiro atoms. The highest BCUT2D eigenvalue weighted by Crippen LogP contribution is 2.44. The van der Waals surface area contributed by atoms with Gasteiger partial charge in [-0.05, 0) is 31.6 Å². The number of aliphatic hydroxyl groups excluding tert-OH is 1. The molecule has 0 aromatic carbocycles. The zero-order valence-electron chi connectivity index (χ0n) is 11.6. The average Bonchev–Trinajstić information content (AvgIpc) is 3.00. The molecule has 2 N–H and O–H groups in total. The second kappa shape index (κ2) is 6.05. The first-order valence-electron chi connectivity index (χ1n) is 7.58. The van der Waals surface area contributed by atoms with Crippen molar-refractivity contribution in [3.05, 3.63) is 0 Å². The second-order valence-electron chi connectivity index (χ2n) is 6.37. The monoisotopic (exact) mass is 253 g/mol. The summed E-state index contributed by atoms with van der Waals surface area (Å²) in [5.74, 6) is 1.17. The quantitative estimate of drug-likeness (QED) is 0.732. The van der Waals surface area contributed by atoms with Crippen molar-refractivity contribution in [2.75, 3.05) is 13.2 Å². The summed E-state index contributed by atoms with van der Waals surface area (Å²) in [5.41, 5.74) is 0.0291. The minimum Gasteiger partial charge on any atom is -0.396 e. The topological polar surface area (TPSA) is 49.3 Å². The van der Waals surface area contributed by atoms with Crippen molar-refractivity contribution in [2.24, 2.45) is 17.3 Å². The summed E-state index contributed by atoms with van der Waals surface area (Å²) < 4.78 is 0. The van der Waals surface area contributed by atoms with Gasteiger partial charge in [-0.25, -0.2) is 0 Å². The maximum Gasteiger partial charge on any atom is 0.223 e. The van der Waals surface area contributed by atoms with E-state index in [1.807, 2.05) is 0 Å². The van der Waals surface area contributed by atoms with Crippen LogP contribution in [0.15, 0.2) is 0 Å². The van der Waals surface area contributed by atoms with Crippen molar-refractivity contribution >= 4 is 5.91 Å². The van der Waals surface area contributed by atoms with E-state index in [4.69, 9.17) is 0 Å². The van der Waals surface area contributed by atoms with Crippen LogP contribution in [0.2, 0.25) is 0 Å². The minimum absolute atomic E-state index is 0.0291. The second-order valence-corrected chi connectivity index (χ2v) is 6.37. The van der Waals surface area contributed by atoms with Crippen LogP contribution >= 0.6 is 0 Å². The van der Waals surface area contributed by atoms with E-state index in [0.717, 1.165) is 31.6 Å². The Hall–Kier alpha value is -0.570. The van der Waals surface area contributed by atoms with Crippen LogP contribution in [0.25, 0.3) is 0 Å². The summed E-state index contributed by atoms with van der Waals surface area (Å²) in [6, 6.07) is 0. The molecular formula is C15H27NO2. The summed E-state index contributed by atoms with van der Waals surface area (Å²) >= 11 is 0. The van der Waals surface area contributed by atoms with Crippen molar-refractivity contribution in [1.82, 2.24) is 5.32 Å². The van der Waals surface area contributed by atoms with Crippen LogP contribution < -0.4 is 5.32 Å². The summed E-state index contributed by atoms with van der Waals surface area (Å²) in [7, 11) is 0. The van der Waals surface area contributed by atoms with Crippen LogP contribution in [-0.4, -0.2) is 24.2 Å². The fraction of sp³-hybridized carbons (Fsp3) is 0.933. The molecule has 3 nitrogen and oxygen atoms in total. The number of rotatable bonds is 7. The van der Waals surface area contributed by atoms with Crippen molar-refractivity contribution < 1.29 is 9.90 Å². The van der Waals surface area contributed by atoms with Crippen LogP contribution in [0.1, 0.15) is 58.3 Å². The Labute approximate surface area is 110 Å². The van der Waals surface area contributed by atoms with Gasteiger partial charge in [0.15, 0.2) is 0 Å². The summed E-state index contributed by atoms with van der Waals surface area (Å²) in [5, 5.41) is 12.3. The van der Waals surface area contributed by atoms with Crippen LogP contribution in [0, 0.1) is 17.3 Å². The lowest BCUT2D eigenvalue weighted by Crippen LogP contribution is -2.36. The van der Waals surface area contributed by atoms with E-state index in [2.05, 4.69) is 12.2 Å². The first kappa shape index (κ1) is 13.9. The number of carbonyl (C=O) groups is 1. The highest BCUT2D eigenvalue weighted by Gasteiger charge is 2.42. The molecule has 0 radical (unpaired) electrons. The molecule has 2 saturated carbocycles. The van der Waals surface area contributed by atoms with Crippen molar-refractivity contribution in [3.8, 4) is 0 Å². The van der Waals surface area contributed by atoms with E-state index < -0.39 is 0 Å². The smallest absolute Gasteiger partial charge is 0.223 e. The molecule has 18 heavy (non-hydrogen) atoms. The number of carbonyl (C=O) groups excluding carboxylic acids is 1. The molecule has 2 rings (SSSR count). The largest absolute Gasteiger partial charge is 0.396 e. The maximum absolute atomic E-state index is 12.2. The SMILES string of the molecule is CCC(CC1CCCC1)C(=O)NCC1(CO)CC1. The first-order valence-corrected chi connectivity index (χ1v) is 7.58. The first-order chi connectivity index (χ1) is 8.69. The third kappa shape index (κ3) is 3.47. The lowest BCUT2D eigenvalue weighted by molar-refractivity contribution is -0.126. The Bertz CT molecular complexity index is 280. The summed E-state index contributed by atoms with van der Waals surface area (Å²) in [4.78, 5) is 12.2. The van der Waals surface area contributed by atoms with Gasteiger partial charge in [-0.1, -0.05) is 32.6 Å². The van der Waals surface area contributed by atoms with Crippen LogP contribution in [0.3, 0.4) is 0 Å². The van der Waals surface area contributed by atoms with Gasteiger partial charge in [-0.15, -0.1) is 0 Å². The van der Waals surface area contributed by atoms with E-state index in [1.54, 1.807) is 0 Å². The molecule has 0 heterocycles. The standard InChI is InChI=1S/C15H27NO2/c1-2-13(9-12-5-3-4-6-12)14(18)16-10-15(11-17)7-8-15/h12-13,17H,2-11H2,1H3,(H,16,18). The molecule has 2 aliphatic rings. The van der Waals surface area contributed by atoms with Crippen molar-refractivity contribution in [2.45, 2.75) is 58.3 Å². The zero-order chi connectivity index (χ0) is 13.0. The summed E-state index contributed by atoms with van der Waals surface area (Å²) in [6.45, 7) is 2.99. The predicted octanol–water partition coefficient (Wildman–Crippen LogP) is 2.48. The van der Waals surface area contributed by atoms with E-state index in [-0.39, 0.29) is 23.8 Å². The molecule has 0 aromatic heterocycles. The molecule has 0 aliphatic heterocycles. The molecule has 1 unspecified atom stereocenters. The van der Waals surface area contributed by atoms with Gasteiger partial charge in [0.1, 0.15) is 0 Å². The maximum atomic E-state index is 12.2. The lowest BCUT2D eigenvalue weighted by Gasteiger charge is -2.20. The molecule has 2 fully saturated rings. The Morgan fingerprint density at radius 2 is 2.06 bits per heavy atom. The predicted molar refractivity (Wildman–Crippen MR) is 72.1 cm³/mol. The molecular weight excluding hydrogens is 226 g/mol. The molecule has 104 valence electrons. The molecule has 0 aromatic rings. The fourth-order valence-electron chi connectivity index (χ4n) is 3.09. The van der Waals surface area contributed by atoms with E-state index in [0.29, 0.717) is 6.54 Å². The minimum atomic E-state index is 0.0291. The third-order valence-electron chi connectivity index (χ3n) is 4.89. The highest BCUT2D eigenvalue weighted by atomic mass is 16.3. The van der Waals surface area contributed by atoms with Gasteiger partial charge in [-0.3, -0.25) is 4.79 Å². The highest BCUT2D eigenvalue weighted by molar-refractivity contribution is 5.78. The van der Waals surface area contributed by atoms with Crippen molar-refractivity contribution in [1.29, 1.82) is 0 Å².